The van der Waals surface area contributed by atoms with Crippen LogP contribution in [0.15, 0.2) is 23.6 Å². The third-order valence-electron chi connectivity index (χ3n) is 4.88. The lowest BCUT2D eigenvalue weighted by molar-refractivity contribution is -0.0162. The van der Waals surface area contributed by atoms with Crippen molar-refractivity contribution in [1.82, 2.24) is 9.88 Å². The first-order valence-corrected chi connectivity index (χ1v) is 9.24. The summed E-state index contributed by atoms with van der Waals surface area (Å²) in [7, 11) is 0. The summed E-state index contributed by atoms with van der Waals surface area (Å²) in [6.45, 7) is 7.22. The number of benzene rings is 1. The summed E-state index contributed by atoms with van der Waals surface area (Å²) in [5.41, 5.74) is 3.32. The van der Waals surface area contributed by atoms with Crippen molar-refractivity contribution in [3.63, 3.8) is 0 Å². The van der Waals surface area contributed by atoms with Crippen molar-refractivity contribution in [3.05, 3.63) is 51.0 Å². The average molecular weight is 344 g/mol. The first-order valence-electron chi connectivity index (χ1n) is 8.36. The molecule has 1 aromatic carbocycles. The van der Waals surface area contributed by atoms with Gasteiger partial charge in [0.25, 0.3) is 5.91 Å². The zero-order chi connectivity index (χ0) is 17.3. The lowest BCUT2D eigenvalue weighted by atomic mass is 9.88. The fourth-order valence-corrected chi connectivity index (χ4v) is 4.03. The van der Waals surface area contributed by atoms with Gasteiger partial charge in [-0.3, -0.25) is 4.79 Å². The van der Waals surface area contributed by atoms with Gasteiger partial charge in [-0.1, -0.05) is 6.07 Å². The van der Waals surface area contributed by atoms with Crippen molar-refractivity contribution in [1.29, 1.82) is 0 Å². The topological polar surface area (TPSA) is 53.4 Å². The SMILES string of the molecule is Cc1csc(CC2(O)CCN(C(=O)c3ccc(C)c(C)c3)CC2)n1. The fraction of sp³-hybridized carbons (Fsp3) is 0.474. The first-order chi connectivity index (χ1) is 11.4. The average Bonchev–Trinajstić information content (AvgIpc) is 2.94. The molecule has 0 unspecified atom stereocenters. The number of piperidine rings is 1. The van der Waals surface area contributed by atoms with Crippen LogP contribution >= 0.6 is 11.3 Å². The first kappa shape index (κ1) is 17.1. The summed E-state index contributed by atoms with van der Waals surface area (Å²) >= 11 is 1.60. The number of rotatable bonds is 3. The van der Waals surface area contributed by atoms with Crippen molar-refractivity contribution >= 4 is 17.2 Å². The molecule has 0 spiro atoms. The molecule has 24 heavy (non-hydrogen) atoms. The largest absolute Gasteiger partial charge is 0.389 e. The number of aromatic nitrogens is 1. The van der Waals surface area contributed by atoms with Crippen LogP contribution in [0.3, 0.4) is 0 Å². The smallest absolute Gasteiger partial charge is 0.253 e. The van der Waals surface area contributed by atoms with E-state index < -0.39 is 5.60 Å². The molecule has 0 bridgehead atoms. The van der Waals surface area contributed by atoms with E-state index in [2.05, 4.69) is 4.98 Å². The maximum Gasteiger partial charge on any atom is 0.253 e. The van der Waals surface area contributed by atoms with Crippen LogP contribution in [0.1, 0.15) is 45.0 Å². The van der Waals surface area contributed by atoms with E-state index in [0.29, 0.717) is 32.4 Å². The van der Waals surface area contributed by atoms with Crippen molar-refractivity contribution < 1.29 is 9.90 Å². The van der Waals surface area contributed by atoms with Gasteiger partial charge in [-0.15, -0.1) is 11.3 Å². The van der Waals surface area contributed by atoms with Gasteiger partial charge >= 0.3 is 0 Å². The predicted octanol–water partition coefficient (Wildman–Crippen LogP) is 3.28. The molecule has 0 saturated carbocycles. The number of aryl methyl sites for hydroxylation is 3. The minimum absolute atomic E-state index is 0.0604. The van der Waals surface area contributed by atoms with Crippen molar-refractivity contribution in [3.8, 4) is 0 Å². The van der Waals surface area contributed by atoms with Gasteiger partial charge in [-0.05, 0) is 56.9 Å². The van der Waals surface area contributed by atoms with Crippen LogP contribution < -0.4 is 0 Å². The Morgan fingerprint density at radius 3 is 2.54 bits per heavy atom. The van der Waals surface area contributed by atoms with Crippen LogP contribution in [-0.2, 0) is 6.42 Å². The van der Waals surface area contributed by atoms with Gasteiger partial charge < -0.3 is 10.0 Å². The molecule has 1 N–H and O–H groups in total. The monoisotopic (exact) mass is 344 g/mol. The number of carbonyl (C=O) groups excluding carboxylic acids is 1. The van der Waals surface area contributed by atoms with Crippen LogP contribution in [0, 0.1) is 20.8 Å². The van der Waals surface area contributed by atoms with Crippen molar-refractivity contribution in [2.24, 2.45) is 0 Å². The summed E-state index contributed by atoms with van der Waals surface area (Å²) in [5, 5.41) is 13.8. The Morgan fingerprint density at radius 1 is 1.25 bits per heavy atom. The van der Waals surface area contributed by atoms with Gasteiger partial charge in [0.2, 0.25) is 0 Å². The Balaban J connectivity index is 1.63. The highest BCUT2D eigenvalue weighted by Crippen LogP contribution is 2.28. The van der Waals surface area contributed by atoms with Crippen LogP contribution in [0.5, 0.6) is 0 Å². The third-order valence-corrected chi connectivity index (χ3v) is 5.85. The Bertz CT molecular complexity index is 746. The summed E-state index contributed by atoms with van der Waals surface area (Å²) < 4.78 is 0. The molecule has 1 saturated heterocycles. The quantitative estimate of drug-likeness (QED) is 0.930. The lowest BCUT2D eigenvalue weighted by Gasteiger charge is -2.38. The fourth-order valence-electron chi connectivity index (χ4n) is 3.13. The van der Waals surface area contributed by atoms with Gasteiger partial charge in [0, 0.05) is 36.1 Å². The zero-order valence-corrected chi connectivity index (χ0v) is 15.3. The van der Waals surface area contributed by atoms with E-state index >= 15 is 0 Å². The summed E-state index contributed by atoms with van der Waals surface area (Å²) in [6, 6.07) is 5.84. The molecular formula is C19H24N2O2S. The molecule has 0 aliphatic carbocycles. The van der Waals surface area contributed by atoms with E-state index in [1.54, 1.807) is 11.3 Å². The molecule has 2 aromatic rings. The molecule has 1 aliphatic rings. The second-order valence-corrected chi connectivity index (χ2v) is 7.82. The predicted molar refractivity (Wildman–Crippen MR) is 96.6 cm³/mol. The summed E-state index contributed by atoms with van der Waals surface area (Å²) in [4.78, 5) is 19.0. The maximum atomic E-state index is 12.7. The molecular weight excluding hydrogens is 320 g/mol. The van der Waals surface area contributed by atoms with E-state index in [9.17, 15) is 9.90 Å². The van der Waals surface area contributed by atoms with Gasteiger partial charge in [0.15, 0.2) is 0 Å². The minimum Gasteiger partial charge on any atom is -0.389 e. The second kappa shape index (κ2) is 6.65. The number of hydrogen-bond donors (Lipinski definition) is 1. The van der Waals surface area contributed by atoms with Crippen LogP contribution in [0.4, 0.5) is 0 Å². The van der Waals surface area contributed by atoms with Gasteiger partial charge in [-0.25, -0.2) is 4.98 Å². The summed E-state index contributed by atoms with van der Waals surface area (Å²) in [5.74, 6) is 0.0604. The third kappa shape index (κ3) is 3.68. The molecule has 5 heteroatoms. The van der Waals surface area contributed by atoms with Crippen LogP contribution in [0.2, 0.25) is 0 Å². The molecule has 3 rings (SSSR count). The molecule has 0 atom stereocenters. The van der Waals surface area contributed by atoms with E-state index in [4.69, 9.17) is 0 Å². The number of carbonyl (C=O) groups is 1. The molecule has 4 nitrogen and oxygen atoms in total. The molecule has 1 amide bonds. The standard InChI is InChI=1S/C19H24N2O2S/c1-13-4-5-16(10-14(13)2)18(22)21-8-6-19(23,7-9-21)11-17-20-15(3)12-24-17/h4-5,10,12,23H,6-9,11H2,1-3H3. The Hall–Kier alpha value is -1.72. The minimum atomic E-state index is -0.746. The van der Waals surface area contributed by atoms with E-state index in [0.717, 1.165) is 21.8 Å². The second-order valence-electron chi connectivity index (χ2n) is 6.87. The zero-order valence-electron chi connectivity index (χ0n) is 14.5. The molecule has 1 fully saturated rings. The highest BCUT2D eigenvalue weighted by molar-refractivity contribution is 7.09. The molecule has 1 aromatic heterocycles. The molecule has 128 valence electrons. The van der Waals surface area contributed by atoms with Gasteiger partial charge in [0.1, 0.15) is 0 Å². The normalized spacial score (nSPS) is 17.1. The number of hydrogen-bond acceptors (Lipinski definition) is 4. The number of nitrogens with zero attached hydrogens (tertiary/aromatic N) is 2. The van der Waals surface area contributed by atoms with Crippen LogP contribution in [-0.4, -0.2) is 39.6 Å². The van der Waals surface area contributed by atoms with E-state index in [1.807, 2.05) is 49.3 Å². The number of likely N-dealkylation sites (tertiary alicyclic amines) is 1. The van der Waals surface area contributed by atoms with Crippen molar-refractivity contribution in [2.45, 2.75) is 45.6 Å². The Morgan fingerprint density at radius 2 is 1.96 bits per heavy atom. The lowest BCUT2D eigenvalue weighted by Crippen LogP contribution is -2.47. The molecule has 2 heterocycles. The van der Waals surface area contributed by atoms with E-state index in [1.165, 1.54) is 5.56 Å². The molecule has 0 radical (unpaired) electrons. The number of amides is 1. The summed E-state index contributed by atoms with van der Waals surface area (Å²) in [6.07, 6.45) is 1.78. The Labute approximate surface area is 147 Å². The molecule has 1 aliphatic heterocycles. The Kier molecular flexibility index (Phi) is 4.74. The highest BCUT2D eigenvalue weighted by atomic mass is 32.1. The highest BCUT2D eigenvalue weighted by Gasteiger charge is 2.35. The van der Waals surface area contributed by atoms with Gasteiger partial charge in [0.05, 0.1) is 10.6 Å². The number of aliphatic hydroxyl groups is 1. The van der Waals surface area contributed by atoms with Crippen molar-refractivity contribution in [2.75, 3.05) is 13.1 Å². The van der Waals surface area contributed by atoms with Crippen LogP contribution in [0.25, 0.3) is 0 Å². The van der Waals surface area contributed by atoms with Gasteiger partial charge in [-0.2, -0.15) is 0 Å². The maximum absolute atomic E-state index is 12.7. The number of thiazole rings is 1. The van der Waals surface area contributed by atoms with E-state index in [-0.39, 0.29) is 5.91 Å².